The first-order valence-corrected chi connectivity index (χ1v) is 27.9. The largest absolute Gasteiger partial charge is 0.309 e. The van der Waals surface area contributed by atoms with Gasteiger partial charge in [0.15, 0.2) is 0 Å². The lowest BCUT2D eigenvalue weighted by molar-refractivity contribution is 0.577. The summed E-state index contributed by atoms with van der Waals surface area (Å²) in [7, 11) is 0. The number of aromatic nitrogens is 4. The fourth-order valence-electron chi connectivity index (χ4n) is 14.9. The van der Waals surface area contributed by atoms with E-state index in [2.05, 4.69) is 311 Å². The summed E-state index contributed by atoms with van der Waals surface area (Å²) in [5, 5.41) is 10.00. The number of rotatable bonds is 6. The summed E-state index contributed by atoms with van der Waals surface area (Å²) in [5.74, 6) is 0. The first-order chi connectivity index (χ1) is 39.5. The van der Waals surface area contributed by atoms with Crippen LogP contribution in [0.1, 0.15) is 47.2 Å². The first-order valence-electron chi connectivity index (χ1n) is 27.9. The highest BCUT2D eigenvalue weighted by atomic mass is 15.0. The van der Waals surface area contributed by atoms with Crippen molar-refractivity contribution in [1.29, 1.82) is 0 Å². The fraction of sp³-hybridized carbons (Fsp3) is 0.0526. The molecule has 0 N–H and O–H groups in total. The Bertz CT molecular complexity index is 4870. The van der Waals surface area contributed by atoms with Gasteiger partial charge in [-0.15, -0.1) is 0 Å². The predicted molar refractivity (Wildman–Crippen MR) is 334 cm³/mol. The molecular formula is C76H52N4. The minimum Gasteiger partial charge on any atom is -0.309 e. The number of hydrogen-bond donors (Lipinski definition) is 0. The van der Waals surface area contributed by atoms with Gasteiger partial charge in [-0.1, -0.05) is 182 Å². The van der Waals surface area contributed by atoms with Crippen LogP contribution in [0.15, 0.2) is 279 Å². The Morgan fingerprint density at radius 1 is 0.225 bits per heavy atom. The Kier molecular flexibility index (Phi) is 9.36. The van der Waals surface area contributed by atoms with Gasteiger partial charge in [-0.25, -0.2) is 0 Å². The van der Waals surface area contributed by atoms with Gasteiger partial charge < -0.3 is 18.3 Å². The third kappa shape index (κ3) is 5.94. The highest BCUT2D eigenvalue weighted by Crippen LogP contribution is 2.60. The molecule has 17 rings (SSSR count). The summed E-state index contributed by atoms with van der Waals surface area (Å²) in [6.45, 7) is 5.03. The smallest absolute Gasteiger partial charge is 0.0544 e. The number of para-hydroxylation sites is 6. The van der Waals surface area contributed by atoms with E-state index in [-0.39, 0.29) is 0 Å². The number of nitrogens with zero attached hydrogens (tertiary/aromatic N) is 4. The van der Waals surface area contributed by atoms with Crippen molar-refractivity contribution in [2.24, 2.45) is 0 Å². The van der Waals surface area contributed by atoms with E-state index >= 15 is 0 Å². The molecule has 0 aliphatic heterocycles. The standard InChI is InChI=1S/C76H52N4/c1-75(49-23-7-3-8-24-49)61-41-45-70-72(58-34-18-22-38-66(58)80(70)54-40-44-68-60(48-54)56-32-16-20-36-64(56)78(68)52-29-13-6-14-30-52)74(61)76(2,50-25-9-4-10-26-50)62-42-46-69-71(73(62)75)57-33-17-21-37-65(57)79(69)53-39-43-67-59(47-53)55-31-15-19-35-63(55)77(67)51-27-11-5-12-28-51/h3-48H,1-2H3. The van der Waals surface area contributed by atoms with Crippen LogP contribution in [0.5, 0.6) is 0 Å². The van der Waals surface area contributed by atoms with Crippen LogP contribution in [0.25, 0.3) is 110 Å². The van der Waals surface area contributed by atoms with Crippen LogP contribution in [-0.4, -0.2) is 18.3 Å². The van der Waals surface area contributed by atoms with E-state index in [0.29, 0.717) is 0 Å². The molecule has 80 heavy (non-hydrogen) atoms. The molecule has 0 bridgehead atoms. The van der Waals surface area contributed by atoms with E-state index in [1.165, 1.54) is 121 Å². The van der Waals surface area contributed by atoms with Gasteiger partial charge in [0.25, 0.3) is 0 Å². The van der Waals surface area contributed by atoms with Gasteiger partial charge in [0.05, 0.1) is 44.1 Å². The van der Waals surface area contributed by atoms with Gasteiger partial charge in [-0.05, 0) is 144 Å². The van der Waals surface area contributed by atoms with E-state index in [9.17, 15) is 0 Å². The fourth-order valence-corrected chi connectivity index (χ4v) is 14.9. The van der Waals surface area contributed by atoms with Crippen LogP contribution in [-0.2, 0) is 10.8 Å². The Balaban J connectivity index is 0.967. The summed E-state index contributed by atoms with van der Waals surface area (Å²) >= 11 is 0. The van der Waals surface area contributed by atoms with Crippen molar-refractivity contribution in [2.75, 3.05) is 0 Å². The average molecular weight is 1020 g/mol. The molecule has 4 aromatic heterocycles. The second-order valence-corrected chi connectivity index (χ2v) is 22.2. The van der Waals surface area contributed by atoms with Crippen LogP contribution in [0.3, 0.4) is 0 Å². The highest BCUT2D eigenvalue weighted by molar-refractivity contribution is 6.17. The molecule has 4 heterocycles. The van der Waals surface area contributed by atoms with Gasteiger partial charge >= 0.3 is 0 Å². The number of fused-ring (bicyclic) bond motifs is 16. The average Bonchev–Trinajstić information content (AvgIpc) is 2.56. The third-order valence-corrected chi connectivity index (χ3v) is 18.3. The molecule has 12 aromatic carbocycles. The molecule has 0 radical (unpaired) electrons. The van der Waals surface area contributed by atoms with E-state index in [1.807, 2.05) is 0 Å². The van der Waals surface area contributed by atoms with Crippen molar-refractivity contribution in [2.45, 2.75) is 24.7 Å². The summed E-state index contributed by atoms with van der Waals surface area (Å²) in [4.78, 5) is 0. The van der Waals surface area contributed by atoms with Crippen LogP contribution in [0.2, 0.25) is 0 Å². The van der Waals surface area contributed by atoms with Crippen molar-refractivity contribution >= 4 is 87.2 Å². The second-order valence-electron chi connectivity index (χ2n) is 22.2. The maximum atomic E-state index is 2.53. The van der Waals surface area contributed by atoms with E-state index in [4.69, 9.17) is 0 Å². The van der Waals surface area contributed by atoms with Gasteiger partial charge in [0.1, 0.15) is 0 Å². The lowest BCUT2D eigenvalue weighted by Crippen LogP contribution is -2.41. The van der Waals surface area contributed by atoms with Crippen molar-refractivity contribution in [3.8, 4) is 22.7 Å². The molecular weight excluding hydrogens is 969 g/mol. The predicted octanol–water partition coefficient (Wildman–Crippen LogP) is 19.1. The van der Waals surface area contributed by atoms with E-state index < -0.39 is 10.8 Å². The first kappa shape index (κ1) is 44.9. The van der Waals surface area contributed by atoms with Gasteiger partial charge in [-0.2, -0.15) is 0 Å². The van der Waals surface area contributed by atoms with Gasteiger partial charge in [0, 0.05) is 76.7 Å². The molecule has 2 atom stereocenters. The van der Waals surface area contributed by atoms with Crippen molar-refractivity contribution < 1.29 is 0 Å². The normalized spacial score (nSPS) is 16.2. The summed E-state index contributed by atoms with van der Waals surface area (Å²) in [6.07, 6.45) is 0. The molecule has 2 unspecified atom stereocenters. The van der Waals surface area contributed by atoms with E-state index in [0.717, 1.165) is 22.7 Å². The van der Waals surface area contributed by atoms with Crippen LogP contribution in [0, 0.1) is 0 Å². The SMILES string of the molecule is CC1(c2ccccc2)c2ccc3c(c2C(C)(c2ccccc2)c2ccc4c(c21)c1ccccc1n4-c1ccc2c(c1)c1ccccc1n2-c1ccccc1)c1ccccc1n3-c1ccc2c(c1)c1ccccc1n2-c1ccccc1. The minimum atomic E-state index is -0.600. The minimum absolute atomic E-state index is 0.600. The molecule has 4 nitrogen and oxygen atoms in total. The molecule has 0 spiro atoms. The maximum absolute atomic E-state index is 2.53. The summed E-state index contributed by atoms with van der Waals surface area (Å²) in [5.41, 5.74) is 20.8. The Hall–Kier alpha value is -10.2. The van der Waals surface area contributed by atoms with Crippen LogP contribution in [0.4, 0.5) is 0 Å². The van der Waals surface area contributed by atoms with Crippen molar-refractivity contribution in [1.82, 2.24) is 18.3 Å². The molecule has 0 saturated heterocycles. The number of hydrogen-bond acceptors (Lipinski definition) is 0. The van der Waals surface area contributed by atoms with Crippen molar-refractivity contribution in [3.05, 3.63) is 312 Å². The molecule has 4 heteroatoms. The van der Waals surface area contributed by atoms with Gasteiger partial charge in [-0.3, -0.25) is 0 Å². The number of benzene rings is 12. The lowest BCUT2D eigenvalue weighted by Gasteiger charge is -2.48. The molecule has 0 fully saturated rings. The summed E-state index contributed by atoms with van der Waals surface area (Å²) < 4.78 is 9.88. The van der Waals surface area contributed by atoms with Crippen LogP contribution >= 0.6 is 0 Å². The third-order valence-electron chi connectivity index (χ3n) is 18.3. The lowest BCUT2D eigenvalue weighted by atomic mass is 9.54. The zero-order valence-electron chi connectivity index (χ0n) is 44.3. The molecule has 0 amide bonds. The molecule has 376 valence electrons. The quantitative estimate of drug-likeness (QED) is 0.158. The Morgan fingerprint density at radius 2 is 0.512 bits per heavy atom. The zero-order chi connectivity index (χ0) is 52.8. The molecule has 1 aliphatic rings. The monoisotopic (exact) mass is 1020 g/mol. The highest BCUT2D eigenvalue weighted by Gasteiger charge is 2.50. The molecule has 0 saturated carbocycles. The van der Waals surface area contributed by atoms with Crippen LogP contribution < -0.4 is 0 Å². The zero-order valence-corrected chi connectivity index (χ0v) is 44.3. The Morgan fingerprint density at radius 3 is 0.900 bits per heavy atom. The maximum Gasteiger partial charge on any atom is 0.0544 e. The topological polar surface area (TPSA) is 19.7 Å². The molecule has 1 aliphatic carbocycles. The van der Waals surface area contributed by atoms with E-state index in [1.54, 1.807) is 0 Å². The molecule has 16 aromatic rings. The Labute approximate surface area is 462 Å². The van der Waals surface area contributed by atoms with Crippen molar-refractivity contribution in [3.63, 3.8) is 0 Å². The summed E-state index contributed by atoms with van der Waals surface area (Å²) in [6, 6.07) is 104. The second kappa shape index (κ2) is 16.7. The van der Waals surface area contributed by atoms with Gasteiger partial charge in [0.2, 0.25) is 0 Å².